The lowest BCUT2D eigenvalue weighted by Gasteiger charge is -2.12. The second-order valence-corrected chi connectivity index (χ2v) is 6.87. The molecule has 1 heterocycles. The Bertz CT molecular complexity index is 971. The molecule has 0 saturated heterocycles. The Kier molecular flexibility index (Phi) is 5.05. The third-order valence-corrected chi connectivity index (χ3v) is 4.91. The van der Waals surface area contributed by atoms with Crippen molar-refractivity contribution in [2.75, 3.05) is 19.5 Å². The Morgan fingerprint density at radius 3 is 2.56 bits per heavy atom. The van der Waals surface area contributed by atoms with Gasteiger partial charge in [-0.15, -0.1) is 0 Å². The Balaban J connectivity index is 1.96. The Labute approximate surface area is 163 Å². The number of hydrogen-bond acceptors (Lipinski definition) is 4. The molecule has 0 radical (unpaired) electrons. The summed E-state index contributed by atoms with van der Waals surface area (Å²) < 4.78 is 13.1. The normalized spacial score (nSPS) is 10.8. The molecule has 0 aliphatic carbocycles. The van der Waals surface area contributed by atoms with Crippen molar-refractivity contribution in [2.24, 2.45) is 7.05 Å². The lowest BCUT2D eigenvalue weighted by Crippen LogP contribution is -2.16. The number of aromatic nitrogens is 2. The van der Waals surface area contributed by atoms with E-state index in [4.69, 9.17) is 21.1 Å². The molecule has 25 heavy (non-hydrogen) atoms. The van der Waals surface area contributed by atoms with E-state index in [1.54, 1.807) is 35.9 Å². The Morgan fingerprint density at radius 2 is 1.88 bits per heavy atom. The van der Waals surface area contributed by atoms with E-state index in [0.717, 1.165) is 9.09 Å². The number of ether oxygens (including phenoxy) is 2. The lowest BCUT2D eigenvalue weighted by molar-refractivity contribution is 0.102. The summed E-state index contributed by atoms with van der Waals surface area (Å²) in [5, 5.41) is 3.43. The van der Waals surface area contributed by atoms with Crippen molar-refractivity contribution in [3.63, 3.8) is 0 Å². The van der Waals surface area contributed by atoms with E-state index in [0.29, 0.717) is 33.6 Å². The smallest absolute Gasteiger partial charge is 0.259 e. The highest BCUT2D eigenvalue weighted by atomic mass is 127. The van der Waals surface area contributed by atoms with Gasteiger partial charge >= 0.3 is 0 Å². The third-order valence-electron chi connectivity index (χ3n) is 3.79. The highest BCUT2D eigenvalue weighted by molar-refractivity contribution is 14.1. The number of fused-ring (bicyclic) bond motifs is 1. The molecule has 0 spiro atoms. The van der Waals surface area contributed by atoms with Crippen LogP contribution in [0, 0.1) is 3.57 Å². The number of carbonyl (C=O) groups is 1. The molecule has 2 aromatic carbocycles. The minimum absolute atomic E-state index is 0.283. The molecule has 0 aliphatic heterocycles. The van der Waals surface area contributed by atoms with Gasteiger partial charge in [-0.25, -0.2) is 4.98 Å². The topological polar surface area (TPSA) is 65.4 Å². The fourth-order valence-corrected chi connectivity index (χ4v) is 3.33. The van der Waals surface area contributed by atoms with Crippen molar-refractivity contribution < 1.29 is 14.3 Å². The van der Waals surface area contributed by atoms with E-state index >= 15 is 0 Å². The molecule has 3 aromatic rings. The summed E-state index contributed by atoms with van der Waals surface area (Å²) in [6.07, 6.45) is 0. The summed E-state index contributed by atoms with van der Waals surface area (Å²) in [4.78, 5) is 17.1. The molecule has 0 fully saturated rings. The maximum Gasteiger partial charge on any atom is 0.259 e. The van der Waals surface area contributed by atoms with Crippen LogP contribution in [0.4, 0.5) is 5.95 Å². The van der Waals surface area contributed by atoms with Gasteiger partial charge in [-0.05, 0) is 52.9 Å². The van der Waals surface area contributed by atoms with E-state index in [9.17, 15) is 4.79 Å². The van der Waals surface area contributed by atoms with Crippen molar-refractivity contribution in [1.29, 1.82) is 0 Å². The van der Waals surface area contributed by atoms with E-state index in [1.807, 2.05) is 13.1 Å². The van der Waals surface area contributed by atoms with E-state index in [1.165, 1.54) is 7.11 Å². The van der Waals surface area contributed by atoms with Crippen LogP contribution < -0.4 is 14.8 Å². The number of hydrogen-bond donors (Lipinski definition) is 1. The fraction of sp³-hybridized carbons (Fsp3) is 0.176. The van der Waals surface area contributed by atoms with Crippen LogP contribution in [0.2, 0.25) is 5.02 Å². The maximum atomic E-state index is 12.7. The first-order valence-electron chi connectivity index (χ1n) is 7.29. The van der Waals surface area contributed by atoms with Crippen LogP contribution in [0.25, 0.3) is 11.0 Å². The summed E-state index contributed by atoms with van der Waals surface area (Å²) in [6, 6.07) is 8.81. The van der Waals surface area contributed by atoms with Gasteiger partial charge < -0.3 is 14.0 Å². The SMILES string of the molecule is COc1cc(I)c(C(=O)Nc2nc3cc(Cl)ccc3n2C)cc1OC. The zero-order chi connectivity index (χ0) is 18.1. The molecule has 0 unspecified atom stereocenters. The second-order valence-electron chi connectivity index (χ2n) is 5.27. The highest BCUT2D eigenvalue weighted by Crippen LogP contribution is 2.32. The number of methoxy groups -OCH3 is 2. The number of anilines is 1. The van der Waals surface area contributed by atoms with Crippen molar-refractivity contribution in [1.82, 2.24) is 9.55 Å². The van der Waals surface area contributed by atoms with Crippen LogP contribution in [0.15, 0.2) is 30.3 Å². The van der Waals surface area contributed by atoms with E-state index in [2.05, 4.69) is 32.9 Å². The number of amides is 1. The molecule has 6 nitrogen and oxygen atoms in total. The number of halogens is 2. The van der Waals surface area contributed by atoms with Crippen LogP contribution in [0.3, 0.4) is 0 Å². The van der Waals surface area contributed by atoms with Gasteiger partial charge in [0.1, 0.15) is 0 Å². The molecule has 1 aromatic heterocycles. The van der Waals surface area contributed by atoms with Crippen molar-refractivity contribution in [3.8, 4) is 11.5 Å². The number of benzene rings is 2. The van der Waals surface area contributed by atoms with Crippen LogP contribution in [0.1, 0.15) is 10.4 Å². The highest BCUT2D eigenvalue weighted by Gasteiger charge is 2.18. The van der Waals surface area contributed by atoms with Gasteiger partial charge in [0.15, 0.2) is 11.5 Å². The lowest BCUT2D eigenvalue weighted by atomic mass is 10.2. The molecule has 8 heteroatoms. The van der Waals surface area contributed by atoms with Gasteiger partial charge in [0.2, 0.25) is 5.95 Å². The van der Waals surface area contributed by atoms with Crippen molar-refractivity contribution in [3.05, 3.63) is 44.5 Å². The molecular weight excluding hydrogens is 457 g/mol. The van der Waals surface area contributed by atoms with Gasteiger partial charge in [0.25, 0.3) is 5.91 Å². The minimum Gasteiger partial charge on any atom is -0.493 e. The summed E-state index contributed by atoms with van der Waals surface area (Å²) in [6.45, 7) is 0. The zero-order valence-electron chi connectivity index (χ0n) is 13.8. The molecule has 0 aliphatic rings. The van der Waals surface area contributed by atoms with Crippen LogP contribution in [-0.4, -0.2) is 29.7 Å². The van der Waals surface area contributed by atoms with Crippen LogP contribution >= 0.6 is 34.2 Å². The zero-order valence-corrected chi connectivity index (χ0v) is 16.7. The number of imidazole rings is 1. The number of nitrogens with one attached hydrogen (secondary N) is 1. The van der Waals surface area contributed by atoms with E-state index < -0.39 is 0 Å². The second kappa shape index (κ2) is 7.09. The standard InChI is InChI=1S/C17H15ClIN3O3/c1-22-13-5-4-9(18)6-12(13)20-17(22)21-16(23)10-7-14(24-2)15(25-3)8-11(10)19/h4-8H,1-3H3,(H,20,21,23). The fourth-order valence-electron chi connectivity index (χ4n) is 2.48. The van der Waals surface area contributed by atoms with Crippen LogP contribution in [-0.2, 0) is 7.05 Å². The molecule has 3 rings (SSSR count). The summed E-state index contributed by atoms with van der Waals surface area (Å²) in [7, 11) is 4.91. The van der Waals surface area contributed by atoms with Crippen molar-refractivity contribution >= 4 is 57.1 Å². The minimum atomic E-state index is -0.283. The average Bonchev–Trinajstić information content (AvgIpc) is 2.89. The number of carbonyl (C=O) groups excluding carboxylic acids is 1. The van der Waals surface area contributed by atoms with Gasteiger partial charge in [-0.3, -0.25) is 10.1 Å². The largest absolute Gasteiger partial charge is 0.493 e. The van der Waals surface area contributed by atoms with Crippen molar-refractivity contribution in [2.45, 2.75) is 0 Å². The molecule has 1 N–H and O–H groups in total. The first-order chi connectivity index (χ1) is 11.9. The van der Waals surface area contributed by atoms with Gasteiger partial charge in [-0.1, -0.05) is 11.6 Å². The first-order valence-corrected chi connectivity index (χ1v) is 8.75. The Morgan fingerprint density at radius 1 is 1.20 bits per heavy atom. The summed E-state index contributed by atoms with van der Waals surface area (Å²) in [5.74, 6) is 1.22. The number of rotatable bonds is 4. The molecule has 0 atom stereocenters. The summed E-state index contributed by atoms with van der Waals surface area (Å²) in [5.41, 5.74) is 2.07. The molecule has 1 amide bonds. The monoisotopic (exact) mass is 471 g/mol. The Hall–Kier alpha value is -2.00. The molecule has 0 bridgehead atoms. The van der Waals surface area contributed by atoms with Gasteiger partial charge in [0, 0.05) is 15.6 Å². The van der Waals surface area contributed by atoms with Crippen LogP contribution in [0.5, 0.6) is 11.5 Å². The first kappa shape index (κ1) is 17.8. The number of aryl methyl sites for hydroxylation is 1. The predicted octanol–water partition coefficient (Wildman–Crippen LogP) is 4.10. The molecule has 130 valence electrons. The molecule has 0 saturated carbocycles. The van der Waals surface area contributed by atoms with Gasteiger partial charge in [0.05, 0.1) is 30.8 Å². The third kappa shape index (κ3) is 3.38. The van der Waals surface area contributed by atoms with Gasteiger partial charge in [-0.2, -0.15) is 0 Å². The molecular formula is C17H15ClIN3O3. The number of nitrogens with zero attached hydrogens (tertiary/aromatic N) is 2. The quantitative estimate of drug-likeness (QED) is 0.582. The summed E-state index contributed by atoms with van der Waals surface area (Å²) >= 11 is 8.09. The maximum absolute atomic E-state index is 12.7. The average molecular weight is 472 g/mol. The predicted molar refractivity (Wildman–Crippen MR) is 106 cm³/mol. The van der Waals surface area contributed by atoms with E-state index in [-0.39, 0.29) is 5.91 Å².